The van der Waals surface area contributed by atoms with E-state index in [4.69, 9.17) is 0 Å². The molecular weight excluding hydrogens is 174 g/mol. The predicted octanol–water partition coefficient (Wildman–Crippen LogP) is 2.64. The highest BCUT2D eigenvalue weighted by molar-refractivity contribution is 5.97. The lowest BCUT2D eigenvalue weighted by Crippen LogP contribution is -2.49. The van der Waals surface area contributed by atoms with Crippen LogP contribution < -0.4 is 0 Å². The van der Waals surface area contributed by atoms with Gasteiger partial charge in [0.25, 0.3) is 0 Å². The molecule has 0 bridgehead atoms. The third-order valence-corrected chi connectivity index (χ3v) is 2.58. The molecule has 0 aromatic heterocycles. The minimum absolute atomic E-state index is 0.196. The minimum atomic E-state index is -0.374. The van der Waals surface area contributed by atoms with Gasteiger partial charge in [0.2, 0.25) is 0 Å². The fraction of sp³-hybridized carbons (Fsp3) is 0.750. The van der Waals surface area contributed by atoms with Crippen LogP contribution in [0, 0.1) is 0 Å². The van der Waals surface area contributed by atoms with Gasteiger partial charge in [-0.25, -0.2) is 0 Å². The number of carbonyl (C=O) groups is 1. The van der Waals surface area contributed by atoms with E-state index in [-0.39, 0.29) is 11.3 Å². The molecule has 0 aliphatic rings. The topological polar surface area (TPSA) is 20.3 Å². The normalized spacial score (nSPS) is 11.6. The Morgan fingerprint density at radius 2 is 1.64 bits per heavy atom. The Bertz CT molecular complexity index is 220. The van der Waals surface area contributed by atoms with Crippen LogP contribution >= 0.6 is 0 Å². The van der Waals surface area contributed by atoms with Crippen molar-refractivity contribution in [3.63, 3.8) is 0 Å². The summed E-state index contributed by atoms with van der Waals surface area (Å²) in [4.78, 5) is 14.1. The molecule has 0 heterocycles. The fourth-order valence-electron chi connectivity index (χ4n) is 1.61. The second-order valence-corrected chi connectivity index (χ2v) is 4.32. The molecule has 0 spiro atoms. The van der Waals surface area contributed by atoms with E-state index in [0.717, 1.165) is 18.7 Å². The molecule has 0 aliphatic heterocycles. The summed E-state index contributed by atoms with van der Waals surface area (Å²) < 4.78 is 0. The van der Waals surface area contributed by atoms with E-state index in [0.29, 0.717) is 0 Å². The quantitative estimate of drug-likeness (QED) is 0.631. The van der Waals surface area contributed by atoms with Crippen LogP contribution in [0.1, 0.15) is 41.5 Å². The van der Waals surface area contributed by atoms with Crippen LogP contribution in [0.3, 0.4) is 0 Å². The third-order valence-electron chi connectivity index (χ3n) is 2.58. The number of allylic oxidation sites excluding steroid dienone is 1. The summed E-state index contributed by atoms with van der Waals surface area (Å²) in [6.07, 6.45) is 1.73. The van der Waals surface area contributed by atoms with Crippen molar-refractivity contribution < 1.29 is 4.79 Å². The van der Waals surface area contributed by atoms with Gasteiger partial charge in [-0.1, -0.05) is 19.4 Å². The van der Waals surface area contributed by atoms with Crippen LogP contribution in [0.15, 0.2) is 11.6 Å². The lowest BCUT2D eigenvalue weighted by molar-refractivity contribution is -0.124. The van der Waals surface area contributed by atoms with Crippen molar-refractivity contribution in [1.82, 2.24) is 4.90 Å². The molecule has 14 heavy (non-hydrogen) atoms. The molecule has 0 fully saturated rings. The largest absolute Gasteiger partial charge is 0.293 e. The van der Waals surface area contributed by atoms with Gasteiger partial charge >= 0.3 is 0 Å². The van der Waals surface area contributed by atoms with Crippen LogP contribution in [-0.2, 0) is 4.79 Å². The smallest absolute Gasteiger partial charge is 0.175 e. The third kappa shape index (κ3) is 3.26. The lowest BCUT2D eigenvalue weighted by Gasteiger charge is -2.35. The number of hydrogen-bond donors (Lipinski definition) is 0. The van der Waals surface area contributed by atoms with Crippen molar-refractivity contribution >= 4 is 5.78 Å². The fourth-order valence-corrected chi connectivity index (χ4v) is 1.61. The maximum absolute atomic E-state index is 11.9. The van der Waals surface area contributed by atoms with Gasteiger partial charge in [-0.2, -0.15) is 0 Å². The zero-order chi connectivity index (χ0) is 11.4. The summed E-state index contributed by atoms with van der Waals surface area (Å²) in [5.74, 6) is 0.196. The molecule has 0 amide bonds. The summed E-state index contributed by atoms with van der Waals surface area (Å²) in [5.41, 5.74) is 0.691. The Hall–Kier alpha value is -0.630. The highest BCUT2D eigenvalue weighted by Gasteiger charge is 2.30. The molecule has 2 heteroatoms. The molecule has 0 unspecified atom stereocenters. The van der Waals surface area contributed by atoms with Crippen molar-refractivity contribution in [1.29, 1.82) is 0 Å². The minimum Gasteiger partial charge on any atom is -0.293 e. The van der Waals surface area contributed by atoms with Crippen molar-refractivity contribution in [2.75, 3.05) is 13.1 Å². The first-order valence-electron chi connectivity index (χ1n) is 5.30. The first-order valence-corrected chi connectivity index (χ1v) is 5.30. The number of hydrogen-bond acceptors (Lipinski definition) is 2. The highest BCUT2D eigenvalue weighted by atomic mass is 16.1. The maximum Gasteiger partial charge on any atom is 0.175 e. The van der Waals surface area contributed by atoms with Gasteiger partial charge in [0.15, 0.2) is 5.78 Å². The molecular formula is C12H23NO. The standard InChI is InChI=1S/C12H23NO/c1-7-13(8-2)12(5,6)11(14)9-10(3)4/h9H,7-8H2,1-6H3. The zero-order valence-electron chi connectivity index (χ0n) is 10.3. The van der Waals surface area contributed by atoms with E-state index in [1.807, 2.05) is 27.7 Å². The Morgan fingerprint density at radius 3 is 1.93 bits per heavy atom. The molecule has 0 aromatic rings. The SMILES string of the molecule is CCN(CC)C(C)(C)C(=O)C=C(C)C. The van der Waals surface area contributed by atoms with E-state index in [9.17, 15) is 4.79 Å². The molecule has 0 rings (SSSR count). The van der Waals surface area contributed by atoms with E-state index in [1.165, 1.54) is 0 Å². The second kappa shape index (κ2) is 5.30. The van der Waals surface area contributed by atoms with E-state index < -0.39 is 0 Å². The van der Waals surface area contributed by atoms with Crippen molar-refractivity contribution in [3.8, 4) is 0 Å². The molecule has 0 aliphatic carbocycles. The molecule has 0 saturated carbocycles. The van der Waals surface area contributed by atoms with Gasteiger partial charge in [-0.3, -0.25) is 9.69 Å². The number of likely N-dealkylation sites (N-methyl/N-ethyl adjacent to an activating group) is 1. The number of nitrogens with zero attached hydrogens (tertiary/aromatic N) is 1. The Kier molecular flexibility index (Phi) is 5.06. The Morgan fingerprint density at radius 1 is 1.21 bits per heavy atom. The van der Waals surface area contributed by atoms with E-state index >= 15 is 0 Å². The molecule has 0 radical (unpaired) electrons. The molecule has 0 saturated heterocycles. The second-order valence-electron chi connectivity index (χ2n) is 4.32. The zero-order valence-corrected chi connectivity index (χ0v) is 10.3. The lowest BCUT2D eigenvalue weighted by atomic mass is 9.95. The van der Waals surface area contributed by atoms with Gasteiger partial charge in [-0.15, -0.1) is 0 Å². The van der Waals surface area contributed by atoms with Gasteiger partial charge in [-0.05, 0) is 46.9 Å². The van der Waals surface area contributed by atoms with Crippen molar-refractivity contribution in [2.24, 2.45) is 0 Å². The summed E-state index contributed by atoms with van der Waals surface area (Å²) in [5, 5.41) is 0. The molecule has 0 N–H and O–H groups in total. The van der Waals surface area contributed by atoms with Crippen LogP contribution in [0.2, 0.25) is 0 Å². The number of rotatable bonds is 5. The highest BCUT2D eigenvalue weighted by Crippen LogP contribution is 2.16. The van der Waals surface area contributed by atoms with Crippen LogP contribution in [0.25, 0.3) is 0 Å². The molecule has 82 valence electrons. The molecule has 2 nitrogen and oxygen atoms in total. The van der Waals surface area contributed by atoms with Crippen LogP contribution in [-0.4, -0.2) is 29.3 Å². The summed E-state index contributed by atoms with van der Waals surface area (Å²) in [7, 11) is 0. The first kappa shape index (κ1) is 13.4. The Labute approximate surface area is 88.0 Å². The van der Waals surface area contributed by atoms with E-state index in [2.05, 4.69) is 18.7 Å². The summed E-state index contributed by atoms with van der Waals surface area (Å²) in [6.45, 7) is 13.9. The van der Waals surface area contributed by atoms with E-state index in [1.54, 1.807) is 6.08 Å². The van der Waals surface area contributed by atoms with Crippen molar-refractivity contribution in [2.45, 2.75) is 47.1 Å². The first-order chi connectivity index (χ1) is 6.36. The summed E-state index contributed by atoms with van der Waals surface area (Å²) >= 11 is 0. The monoisotopic (exact) mass is 197 g/mol. The van der Waals surface area contributed by atoms with Crippen LogP contribution in [0.5, 0.6) is 0 Å². The molecule has 0 aromatic carbocycles. The van der Waals surface area contributed by atoms with Gasteiger partial charge in [0, 0.05) is 0 Å². The number of carbonyl (C=O) groups excluding carboxylic acids is 1. The van der Waals surface area contributed by atoms with Gasteiger partial charge in [0.05, 0.1) is 5.54 Å². The maximum atomic E-state index is 11.9. The number of ketones is 1. The van der Waals surface area contributed by atoms with Crippen molar-refractivity contribution in [3.05, 3.63) is 11.6 Å². The summed E-state index contributed by atoms with van der Waals surface area (Å²) in [6, 6.07) is 0. The Balaban J connectivity index is 4.75. The van der Waals surface area contributed by atoms with Crippen LogP contribution in [0.4, 0.5) is 0 Å². The average molecular weight is 197 g/mol. The molecule has 0 atom stereocenters. The van der Waals surface area contributed by atoms with Gasteiger partial charge < -0.3 is 0 Å². The predicted molar refractivity (Wildman–Crippen MR) is 61.4 cm³/mol. The average Bonchev–Trinajstić information content (AvgIpc) is 2.04. The van der Waals surface area contributed by atoms with Gasteiger partial charge in [0.1, 0.15) is 0 Å².